The van der Waals surface area contributed by atoms with Crippen molar-refractivity contribution in [3.05, 3.63) is 98.9 Å². The quantitative estimate of drug-likeness (QED) is 0.330. The van der Waals surface area contributed by atoms with Crippen LogP contribution in [-0.2, 0) is 24.4 Å². The summed E-state index contributed by atoms with van der Waals surface area (Å²) in [6.45, 7) is 4.86. The number of carbonyl (C=O) groups is 1. The lowest BCUT2D eigenvalue weighted by Gasteiger charge is -2.30. The first-order valence-electron chi connectivity index (χ1n) is 12.7. The zero-order chi connectivity index (χ0) is 26.1. The SMILES string of the molecule is O=C(NCc1ccc(Cl)cc1)c1cn2c3c(cc(CN4CCOCC4)cc3c1=S)OC(c1ccccn1)C2. The number of nitrogens with one attached hydrogen (secondary N) is 1. The molecule has 1 unspecified atom stereocenters. The lowest BCUT2D eigenvalue weighted by Crippen LogP contribution is -2.35. The van der Waals surface area contributed by atoms with Gasteiger partial charge in [0.1, 0.15) is 5.75 Å². The molecule has 2 aromatic heterocycles. The lowest BCUT2D eigenvalue weighted by atomic mass is 10.0. The molecule has 0 saturated carbocycles. The molecule has 0 aliphatic carbocycles. The molecule has 1 fully saturated rings. The van der Waals surface area contributed by atoms with Gasteiger partial charge in [-0.15, -0.1) is 0 Å². The van der Waals surface area contributed by atoms with Gasteiger partial charge in [-0.3, -0.25) is 14.7 Å². The number of hydrogen-bond donors (Lipinski definition) is 1. The number of aromatic nitrogens is 2. The number of halogens is 1. The van der Waals surface area contributed by atoms with E-state index in [0.29, 0.717) is 28.2 Å². The van der Waals surface area contributed by atoms with E-state index in [1.165, 1.54) is 0 Å². The van der Waals surface area contributed by atoms with Crippen molar-refractivity contribution in [3.63, 3.8) is 0 Å². The maximum atomic E-state index is 13.4. The minimum Gasteiger partial charge on any atom is -0.480 e. The average Bonchev–Trinajstić information content (AvgIpc) is 2.95. The third-order valence-corrected chi connectivity index (χ3v) is 7.66. The third-order valence-electron chi connectivity index (χ3n) is 6.97. The number of benzene rings is 2. The van der Waals surface area contributed by atoms with Gasteiger partial charge in [0, 0.05) is 49.0 Å². The molecule has 1 N–H and O–H groups in total. The van der Waals surface area contributed by atoms with Gasteiger partial charge in [-0.25, -0.2) is 0 Å². The summed E-state index contributed by atoms with van der Waals surface area (Å²) in [6.07, 6.45) is 3.34. The number of rotatable bonds is 6. The summed E-state index contributed by atoms with van der Waals surface area (Å²) in [4.78, 5) is 20.3. The number of nitrogens with zero attached hydrogens (tertiary/aromatic N) is 3. The zero-order valence-corrected chi connectivity index (χ0v) is 22.3. The van der Waals surface area contributed by atoms with Crippen molar-refractivity contribution in [2.24, 2.45) is 0 Å². The maximum absolute atomic E-state index is 13.4. The molecule has 7 nitrogen and oxygen atoms in total. The van der Waals surface area contributed by atoms with Crippen molar-refractivity contribution in [1.29, 1.82) is 0 Å². The van der Waals surface area contributed by atoms with E-state index in [0.717, 1.165) is 66.3 Å². The normalized spacial score (nSPS) is 17.2. The van der Waals surface area contributed by atoms with Crippen LogP contribution in [0.2, 0.25) is 5.02 Å². The summed E-state index contributed by atoms with van der Waals surface area (Å²) in [5.74, 6) is 0.545. The van der Waals surface area contributed by atoms with Crippen molar-refractivity contribution in [1.82, 2.24) is 19.8 Å². The van der Waals surface area contributed by atoms with Crippen molar-refractivity contribution in [2.45, 2.75) is 25.7 Å². The van der Waals surface area contributed by atoms with E-state index in [4.69, 9.17) is 33.3 Å². The number of amides is 1. The highest BCUT2D eigenvalue weighted by Crippen LogP contribution is 2.38. The number of ether oxygens (including phenoxy) is 2. The standard InChI is InChI=1S/C29H27ClN4O3S/c30-21-6-4-19(5-7-21)15-32-29(35)23-17-34-18-26(24-3-1-2-8-31-24)37-25-14-20(13-22(27(25)34)28(23)38)16-33-9-11-36-12-10-33/h1-8,13-14,17,26H,9-12,15-16,18H2,(H,32,35). The molecule has 0 bridgehead atoms. The van der Waals surface area contributed by atoms with Gasteiger partial charge in [0.2, 0.25) is 0 Å². The molecule has 2 aromatic carbocycles. The van der Waals surface area contributed by atoms with E-state index in [1.807, 2.05) is 48.7 Å². The summed E-state index contributed by atoms with van der Waals surface area (Å²) in [5, 5.41) is 4.52. The Bertz CT molecular complexity index is 1540. The molecule has 194 valence electrons. The van der Waals surface area contributed by atoms with Crippen LogP contribution < -0.4 is 10.1 Å². The van der Waals surface area contributed by atoms with E-state index in [-0.39, 0.29) is 12.0 Å². The Morgan fingerprint density at radius 3 is 2.68 bits per heavy atom. The third kappa shape index (κ3) is 5.17. The van der Waals surface area contributed by atoms with Gasteiger partial charge < -0.3 is 19.4 Å². The maximum Gasteiger partial charge on any atom is 0.254 e. The summed E-state index contributed by atoms with van der Waals surface area (Å²) < 4.78 is 14.6. The molecule has 9 heteroatoms. The molecule has 4 heterocycles. The molecule has 2 aliphatic rings. The Morgan fingerprint density at radius 1 is 1.11 bits per heavy atom. The highest BCUT2D eigenvalue weighted by Gasteiger charge is 2.27. The Balaban J connectivity index is 1.38. The van der Waals surface area contributed by atoms with Crippen LogP contribution in [0.3, 0.4) is 0 Å². The lowest BCUT2D eigenvalue weighted by molar-refractivity contribution is 0.0341. The van der Waals surface area contributed by atoms with Gasteiger partial charge in [-0.05, 0) is 47.5 Å². The van der Waals surface area contributed by atoms with Crippen LogP contribution >= 0.6 is 23.8 Å². The van der Waals surface area contributed by atoms with E-state index >= 15 is 0 Å². The van der Waals surface area contributed by atoms with E-state index < -0.39 is 0 Å². The number of hydrogen-bond acceptors (Lipinski definition) is 6. The second kappa shape index (κ2) is 10.8. The fourth-order valence-corrected chi connectivity index (χ4v) is 5.46. The number of carbonyl (C=O) groups excluding carboxylic acids is 1. The Hall–Kier alpha value is -3.30. The molecule has 6 rings (SSSR count). The fourth-order valence-electron chi connectivity index (χ4n) is 5.03. The predicted molar refractivity (Wildman–Crippen MR) is 149 cm³/mol. The van der Waals surface area contributed by atoms with Gasteiger partial charge in [-0.1, -0.05) is 42.0 Å². The Labute approximate surface area is 231 Å². The van der Waals surface area contributed by atoms with E-state index in [9.17, 15) is 4.79 Å². The van der Waals surface area contributed by atoms with Gasteiger partial charge in [0.15, 0.2) is 6.10 Å². The van der Waals surface area contributed by atoms with Crippen LogP contribution in [-0.4, -0.2) is 46.7 Å². The topological polar surface area (TPSA) is 68.6 Å². The molecule has 1 amide bonds. The second-order valence-electron chi connectivity index (χ2n) is 9.57. The highest BCUT2D eigenvalue weighted by atomic mass is 35.5. The molecule has 4 aromatic rings. The number of morpholine rings is 1. The fraction of sp³-hybridized carbons (Fsp3) is 0.276. The van der Waals surface area contributed by atoms with Crippen LogP contribution in [0.4, 0.5) is 0 Å². The van der Waals surface area contributed by atoms with Gasteiger partial charge in [0.25, 0.3) is 5.91 Å². The summed E-state index contributed by atoms with van der Waals surface area (Å²) in [6, 6.07) is 17.4. The van der Waals surface area contributed by atoms with Crippen LogP contribution in [0, 0.1) is 4.51 Å². The zero-order valence-electron chi connectivity index (χ0n) is 20.7. The molecular formula is C29H27ClN4O3S. The molecule has 38 heavy (non-hydrogen) atoms. The summed E-state index contributed by atoms with van der Waals surface area (Å²) >= 11 is 11.9. The van der Waals surface area contributed by atoms with Crippen LogP contribution in [0.15, 0.2) is 67.0 Å². The Kier molecular flexibility index (Phi) is 7.12. The van der Waals surface area contributed by atoms with E-state index in [2.05, 4.69) is 31.9 Å². The molecule has 1 saturated heterocycles. The van der Waals surface area contributed by atoms with Crippen molar-refractivity contribution in [2.75, 3.05) is 26.3 Å². The van der Waals surface area contributed by atoms with Crippen molar-refractivity contribution in [3.8, 4) is 5.75 Å². The Morgan fingerprint density at radius 2 is 1.92 bits per heavy atom. The number of pyridine rings is 2. The van der Waals surface area contributed by atoms with Crippen molar-refractivity contribution >= 4 is 40.6 Å². The molecule has 0 spiro atoms. The van der Waals surface area contributed by atoms with Crippen LogP contribution in [0.1, 0.15) is 33.3 Å². The van der Waals surface area contributed by atoms with Crippen LogP contribution in [0.5, 0.6) is 5.75 Å². The highest BCUT2D eigenvalue weighted by molar-refractivity contribution is 7.71. The first-order valence-corrected chi connectivity index (χ1v) is 13.4. The first-order chi connectivity index (χ1) is 18.5. The van der Waals surface area contributed by atoms with Gasteiger partial charge >= 0.3 is 0 Å². The summed E-state index contributed by atoms with van der Waals surface area (Å²) in [5.41, 5.74) is 4.27. The average molecular weight is 547 g/mol. The van der Waals surface area contributed by atoms with Crippen molar-refractivity contribution < 1.29 is 14.3 Å². The second-order valence-corrected chi connectivity index (χ2v) is 10.4. The largest absolute Gasteiger partial charge is 0.480 e. The molecular weight excluding hydrogens is 520 g/mol. The first kappa shape index (κ1) is 25.0. The minimum absolute atomic E-state index is 0.211. The predicted octanol–water partition coefficient (Wildman–Crippen LogP) is 5.32. The minimum atomic E-state index is -0.281. The van der Waals surface area contributed by atoms with E-state index in [1.54, 1.807) is 6.20 Å². The van der Waals surface area contributed by atoms with Gasteiger partial charge in [0.05, 0.1) is 41.0 Å². The summed E-state index contributed by atoms with van der Waals surface area (Å²) in [7, 11) is 0. The monoisotopic (exact) mass is 546 g/mol. The molecule has 0 radical (unpaired) electrons. The molecule has 1 atom stereocenters. The molecule has 2 aliphatic heterocycles. The van der Waals surface area contributed by atoms with Gasteiger partial charge in [-0.2, -0.15) is 0 Å². The van der Waals surface area contributed by atoms with Crippen LogP contribution in [0.25, 0.3) is 10.9 Å². The smallest absolute Gasteiger partial charge is 0.254 e.